The molecule has 160 valence electrons. The van der Waals surface area contributed by atoms with Crippen LogP contribution >= 0.6 is 0 Å². The fourth-order valence-electron chi connectivity index (χ4n) is 2.68. The zero-order valence-electron chi connectivity index (χ0n) is 16.7. The molecule has 2 amide bonds. The van der Waals surface area contributed by atoms with E-state index >= 15 is 0 Å². The summed E-state index contributed by atoms with van der Waals surface area (Å²) in [4.78, 5) is 31.9. The molecule has 0 atom stereocenters. The van der Waals surface area contributed by atoms with E-state index in [-0.39, 0.29) is 35.6 Å². The highest BCUT2D eigenvalue weighted by molar-refractivity contribution is 7.92. The van der Waals surface area contributed by atoms with Crippen LogP contribution in [-0.4, -0.2) is 36.7 Å². The van der Waals surface area contributed by atoms with Crippen molar-refractivity contribution in [3.05, 3.63) is 78.1 Å². The van der Waals surface area contributed by atoms with Crippen LogP contribution in [0.2, 0.25) is 0 Å². The number of nitrogens with one attached hydrogen (secondary N) is 3. The minimum atomic E-state index is -3.85. The Bertz CT molecular complexity index is 1170. The van der Waals surface area contributed by atoms with Crippen molar-refractivity contribution in [3.63, 3.8) is 0 Å². The lowest BCUT2D eigenvalue weighted by molar-refractivity contribution is -0.116. The second kappa shape index (κ2) is 9.81. The molecule has 1 aromatic heterocycles. The molecular formula is C21H21N5O4S. The number of rotatable bonds is 8. The van der Waals surface area contributed by atoms with E-state index in [1.165, 1.54) is 36.7 Å². The Balaban J connectivity index is 1.51. The minimum Gasteiger partial charge on any atom is -0.352 e. The van der Waals surface area contributed by atoms with Gasteiger partial charge in [-0.1, -0.05) is 18.2 Å². The molecule has 0 bridgehead atoms. The molecule has 0 spiro atoms. The summed E-state index contributed by atoms with van der Waals surface area (Å²) < 4.78 is 27.0. The highest BCUT2D eigenvalue weighted by atomic mass is 32.2. The Hall–Kier alpha value is -3.79. The maximum absolute atomic E-state index is 12.4. The van der Waals surface area contributed by atoms with Gasteiger partial charge in [0.2, 0.25) is 11.9 Å². The summed E-state index contributed by atoms with van der Waals surface area (Å²) in [6.45, 7) is 2.01. The van der Waals surface area contributed by atoms with Crippen LogP contribution in [0.5, 0.6) is 0 Å². The van der Waals surface area contributed by atoms with Crippen molar-refractivity contribution in [3.8, 4) is 0 Å². The standard InChI is InChI=1S/C21H21N5O4S/c1-15-5-2-3-6-18(15)20(28)22-14-11-19(27)25-16-7-9-17(10-8-16)31(29,30)26-21-23-12-4-13-24-21/h2-10,12-13H,11,14H2,1H3,(H,22,28)(H,25,27)(H,23,24,26). The van der Waals surface area contributed by atoms with Crippen LogP contribution in [0.4, 0.5) is 11.6 Å². The molecule has 0 aliphatic heterocycles. The van der Waals surface area contributed by atoms with Crippen molar-refractivity contribution in [1.82, 2.24) is 15.3 Å². The predicted molar refractivity (Wildman–Crippen MR) is 116 cm³/mol. The van der Waals surface area contributed by atoms with Crippen LogP contribution in [0.1, 0.15) is 22.3 Å². The first-order valence-electron chi connectivity index (χ1n) is 9.39. The fourth-order valence-corrected chi connectivity index (χ4v) is 3.64. The molecule has 1 heterocycles. The van der Waals surface area contributed by atoms with E-state index < -0.39 is 10.0 Å². The molecule has 0 saturated carbocycles. The average molecular weight is 439 g/mol. The quantitative estimate of drug-likeness (QED) is 0.494. The largest absolute Gasteiger partial charge is 0.352 e. The zero-order valence-corrected chi connectivity index (χ0v) is 17.5. The molecule has 9 nitrogen and oxygen atoms in total. The van der Waals surface area contributed by atoms with Crippen LogP contribution in [-0.2, 0) is 14.8 Å². The summed E-state index contributed by atoms with van der Waals surface area (Å²) in [5, 5.41) is 5.37. The van der Waals surface area contributed by atoms with Crippen molar-refractivity contribution >= 4 is 33.5 Å². The highest BCUT2D eigenvalue weighted by Crippen LogP contribution is 2.16. The van der Waals surface area contributed by atoms with Gasteiger partial charge in [0.25, 0.3) is 15.9 Å². The van der Waals surface area contributed by atoms with Gasteiger partial charge in [-0.05, 0) is 48.9 Å². The molecule has 0 saturated heterocycles. The maximum Gasteiger partial charge on any atom is 0.264 e. The number of hydrogen-bond acceptors (Lipinski definition) is 6. The fraction of sp³-hybridized carbons (Fsp3) is 0.143. The predicted octanol–water partition coefficient (Wildman–Crippen LogP) is 2.34. The lowest BCUT2D eigenvalue weighted by Crippen LogP contribution is -2.28. The van der Waals surface area contributed by atoms with Gasteiger partial charge < -0.3 is 10.6 Å². The van der Waals surface area contributed by atoms with Gasteiger partial charge in [-0.2, -0.15) is 0 Å². The zero-order chi connectivity index (χ0) is 22.3. The van der Waals surface area contributed by atoms with Crippen LogP contribution < -0.4 is 15.4 Å². The Labute approximate surface area is 180 Å². The molecule has 0 fully saturated rings. The van der Waals surface area contributed by atoms with E-state index in [2.05, 4.69) is 25.3 Å². The molecule has 3 aromatic rings. The molecule has 3 rings (SSSR count). The Morgan fingerprint density at radius 2 is 1.61 bits per heavy atom. The third-order valence-electron chi connectivity index (χ3n) is 4.27. The van der Waals surface area contributed by atoms with Crippen molar-refractivity contribution < 1.29 is 18.0 Å². The second-order valence-corrected chi connectivity index (χ2v) is 8.25. The number of sulfonamides is 1. The van der Waals surface area contributed by atoms with Gasteiger partial charge in [-0.15, -0.1) is 0 Å². The summed E-state index contributed by atoms with van der Waals surface area (Å²) in [5.74, 6) is -0.584. The Morgan fingerprint density at radius 3 is 2.29 bits per heavy atom. The van der Waals surface area contributed by atoms with E-state index in [0.717, 1.165) is 5.56 Å². The lowest BCUT2D eigenvalue weighted by Gasteiger charge is -2.09. The lowest BCUT2D eigenvalue weighted by atomic mass is 10.1. The number of aromatic nitrogens is 2. The molecular weight excluding hydrogens is 418 g/mol. The van der Waals surface area contributed by atoms with Crippen LogP contribution in [0, 0.1) is 6.92 Å². The summed E-state index contributed by atoms with van der Waals surface area (Å²) in [6.07, 6.45) is 2.92. The second-order valence-electron chi connectivity index (χ2n) is 6.57. The van der Waals surface area contributed by atoms with Gasteiger partial charge in [0.15, 0.2) is 0 Å². The molecule has 10 heteroatoms. The van der Waals surface area contributed by atoms with Crippen LogP contribution in [0.25, 0.3) is 0 Å². The number of carbonyl (C=O) groups excluding carboxylic acids is 2. The van der Waals surface area contributed by atoms with Gasteiger partial charge in [0, 0.05) is 36.6 Å². The SMILES string of the molecule is Cc1ccccc1C(=O)NCCC(=O)Nc1ccc(S(=O)(=O)Nc2ncccn2)cc1. The third kappa shape index (κ3) is 6.09. The van der Waals surface area contributed by atoms with Crippen molar-refractivity contribution in [2.45, 2.75) is 18.2 Å². The van der Waals surface area contributed by atoms with Crippen molar-refractivity contribution in [2.24, 2.45) is 0 Å². The number of aryl methyl sites for hydroxylation is 1. The Kier molecular flexibility index (Phi) is 6.93. The molecule has 0 unspecified atom stereocenters. The molecule has 2 aromatic carbocycles. The van der Waals surface area contributed by atoms with E-state index in [1.54, 1.807) is 18.2 Å². The summed E-state index contributed by atoms with van der Waals surface area (Å²) >= 11 is 0. The van der Waals surface area contributed by atoms with E-state index in [9.17, 15) is 18.0 Å². The summed E-state index contributed by atoms with van der Waals surface area (Å²) in [7, 11) is -3.85. The highest BCUT2D eigenvalue weighted by Gasteiger charge is 2.15. The van der Waals surface area contributed by atoms with Crippen molar-refractivity contribution in [2.75, 3.05) is 16.6 Å². The summed E-state index contributed by atoms with van der Waals surface area (Å²) in [5.41, 5.74) is 1.85. The average Bonchev–Trinajstić information content (AvgIpc) is 2.75. The maximum atomic E-state index is 12.4. The smallest absolute Gasteiger partial charge is 0.264 e. The number of nitrogens with zero attached hydrogens (tertiary/aromatic N) is 2. The number of amides is 2. The van der Waals surface area contributed by atoms with Gasteiger partial charge in [0.05, 0.1) is 4.90 Å². The topological polar surface area (TPSA) is 130 Å². The van der Waals surface area contributed by atoms with Gasteiger partial charge in [-0.25, -0.2) is 23.1 Å². The van der Waals surface area contributed by atoms with E-state index in [0.29, 0.717) is 11.3 Å². The number of anilines is 2. The monoisotopic (exact) mass is 439 g/mol. The van der Waals surface area contributed by atoms with Gasteiger partial charge >= 0.3 is 0 Å². The van der Waals surface area contributed by atoms with Gasteiger partial charge in [0.1, 0.15) is 0 Å². The van der Waals surface area contributed by atoms with E-state index in [1.807, 2.05) is 19.1 Å². The van der Waals surface area contributed by atoms with Gasteiger partial charge in [-0.3, -0.25) is 9.59 Å². The first-order chi connectivity index (χ1) is 14.8. The van der Waals surface area contributed by atoms with Crippen LogP contribution in [0.3, 0.4) is 0 Å². The normalized spacial score (nSPS) is 10.9. The first kappa shape index (κ1) is 21.9. The summed E-state index contributed by atoms with van der Waals surface area (Å²) in [6, 6.07) is 14.4. The number of carbonyl (C=O) groups is 2. The number of benzene rings is 2. The minimum absolute atomic E-state index is 0.00319. The Morgan fingerprint density at radius 1 is 0.935 bits per heavy atom. The molecule has 0 aliphatic carbocycles. The molecule has 0 aliphatic rings. The number of hydrogen-bond donors (Lipinski definition) is 3. The molecule has 0 radical (unpaired) electrons. The molecule has 3 N–H and O–H groups in total. The van der Waals surface area contributed by atoms with E-state index in [4.69, 9.17) is 0 Å². The van der Waals surface area contributed by atoms with Crippen molar-refractivity contribution in [1.29, 1.82) is 0 Å². The van der Waals surface area contributed by atoms with Crippen LogP contribution in [0.15, 0.2) is 71.9 Å². The third-order valence-corrected chi connectivity index (χ3v) is 5.61. The first-order valence-corrected chi connectivity index (χ1v) is 10.9. The molecule has 31 heavy (non-hydrogen) atoms.